The van der Waals surface area contributed by atoms with Crippen LogP contribution in [-0.2, 0) is 4.79 Å². The predicted octanol–water partition coefficient (Wildman–Crippen LogP) is 0.587. The van der Waals surface area contributed by atoms with Crippen LogP contribution in [0.25, 0.3) is 0 Å². The maximum Gasteiger partial charge on any atom is 0.221 e. The molecule has 16 heavy (non-hydrogen) atoms. The summed E-state index contributed by atoms with van der Waals surface area (Å²) in [6.07, 6.45) is 5.82. The minimum absolute atomic E-state index is 0.113. The molecular weight excluding hydrogens is 202 g/mol. The smallest absolute Gasteiger partial charge is 0.221 e. The van der Waals surface area contributed by atoms with E-state index < -0.39 is 0 Å². The Kier molecular flexibility index (Phi) is 6.42. The summed E-state index contributed by atoms with van der Waals surface area (Å²) in [6, 6.07) is 0.737. The molecule has 1 amide bonds. The zero-order valence-corrected chi connectivity index (χ0v) is 10.6. The van der Waals surface area contributed by atoms with Crippen molar-refractivity contribution < 1.29 is 4.79 Å². The lowest BCUT2D eigenvalue weighted by Crippen LogP contribution is -2.38. The second-order valence-electron chi connectivity index (χ2n) is 4.59. The normalized spacial score (nSPS) is 22.0. The topological polar surface area (TPSA) is 44.4 Å². The fourth-order valence-corrected chi connectivity index (χ4v) is 2.23. The third-order valence-electron chi connectivity index (χ3n) is 3.38. The van der Waals surface area contributed by atoms with Gasteiger partial charge in [0.15, 0.2) is 0 Å². The Morgan fingerprint density at radius 3 is 2.88 bits per heavy atom. The van der Waals surface area contributed by atoms with Crippen molar-refractivity contribution >= 4 is 5.91 Å². The number of amides is 1. The molecule has 1 rings (SSSR count). The van der Waals surface area contributed by atoms with Crippen molar-refractivity contribution in [2.75, 3.05) is 33.7 Å². The van der Waals surface area contributed by atoms with E-state index in [-0.39, 0.29) is 5.91 Å². The van der Waals surface area contributed by atoms with Gasteiger partial charge in [-0.15, -0.1) is 0 Å². The first-order valence-corrected chi connectivity index (χ1v) is 6.35. The highest BCUT2D eigenvalue weighted by atomic mass is 16.1. The van der Waals surface area contributed by atoms with E-state index in [4.69, 9.17) is 0 Å². The molecular formula is C12H25N3O. The van der Waals surface area contributed by atoms with Gasteiger partial charge in [0.2, 0.25) is 5.91 Å². The number of carbonyl (C=O) groups is 1. The van der Waals surface area contributed by atoms with E-state index in [9.17, 15) is 4.79 Å². The Labute approximate surface area is 98.8 Å². The summed E-state index contributed by atoms with van der Waals surface area (Å²) in [4.78, 5) is 13.4. The Morgan fingerprint density at radius 1 is 1.38 bits per heavy atom. The van der Waals surface area contributed by atoms with Crippen LogP contribution in [0.1, 0.15) is 32.1 Å². The summed E-state index contributed by atoms with van der Waals surface area (Å²) in [5.74, 6) is 0.113. The monoisotopic (exact) mass is 227 g/mol. The SMILES string of the molecule is CNC(=O)CCNCCC1CCCCN1C. The quantitative estimate of drug-likeness (QED) is 0.653. The largest absolute Gasteiger partial charge is 0.359 e. The minimum Gasteiger partial charge on any atom is -0.359 e. The second-order valence-corrected chi connectivity index (χ2v) is 4.59. The summed E-state index contributed by atoms with van der Waals surface area (Å²) < 4.78 is 0. The van der Waals surface area contributed by atoms with E-state index in [1.807, 2.05) is 0 Å². The van der Waals surface area contributed by atoms with Crippen LogP contribution >= 0.6 is 0 Å². The molecule has 1 saturated heterocycles. The van der Waals surface area contributed by atoms with Crippen molar-refractivity contribution in [3.63, 3.8) is 0 Å². The number of carbonyl (C=O) groups excluding carboxylic acids is 1. The van der Waals surface area contributed by atoms with E-state index in [0.29, 0.717) is 6.42 Å². The van der Waals surface area contributed by atoms with Crippen LogP contribution in [-0.4, -0.2) is 50.6 Å². The maximum atomic E-state index is 11.0. The minimum atomic E-state index is 0.113. The number of piperidine rings is 1. The molecule has 0 aliphatic carbocycles. The zero-order chi connectivity index (χ0) is 11.8. The first-order chi connectivity index (χ1) is 7.74. The standard InChI is InChI=1S/C12H25N3O/c1-13-12(16)7-9-14-8-6-11-5-3-4-10-15(11)2/h11,14H,3-10H2,1-2H3,(H,13,16). The van der Waals surface area contributed by atoms with Crippen molar-refractivity contribution in [2.24, 2.45) is 0 Å². The molecule has 0 saturated carbocycles. The van der Waals surface area contributed by atoms with Gasteiger partial charge in [-0.1, -0.05) is 6.42 Å². The van der Waals surface area contributed by atoms with E-state index in [1.54, 1.807) is 7.05 Å². The number of likely N-dealkylation sites (tertiary alicyclic amines) is 1. The molecule has 0 bridgehead atoms. The van der Waals surface area contributed by atoms with Crippen molar-refractivity contribution in [2.45, 2.75) is 38.1 Å². The molecule has 0 spiro atoms. The van der Waals surface area contributed by atoms with E-state index in [0.717, 1.165) is 19.1 Å². The third-order valence-corrected chi connectivity index (χ3v) is 3.38. The lowest BCUT2D eigenvalue weighted by Gasteiger charge is -2.32. The van der Waals surface area contributed by atoms with Crippen LogP contribution in [0.5, 0.6) is 0 Å². The van der Waals surface area contributed by atoms with Gasteiger partial charge in [-0.3, -0.25) is 4.79 Å². The Hall–Kier alpha value is -0.610. The Morgan fingerprint density at radius 2 is 2.19 bits per heavy atom. The van der Waals surface area contributed by atoms with E-state index >= 15 is 0 Å². The first-order valence-electron chi connectivity index (χ1n) is 6.35. The van der Waals surface area contributed by atoms with Crippen molar-refractivity contribution in [1.82, 2.24) is 15.5 Å². The number of nitrogens with one attached hydrogen (secondary N) is 2. The second kappa shape index (κ2) is 7.63. The number of hydrogen-bond donors (Lipinski definition) is 2. The first kappa shape index (κ1) is 13.5. The average Bonchev–Trinajstić information content (AvgIpc) is 2.30. The predicted molar refractivity (Wildman–Crippen MR) is 66.4 cm³/mol. The molecule has 0 aromatic heterocycles. The lowest BCUT2D eigenvalue weighted by molar-refractivity contribution is -0.120. The van der Waals surface area contributed by atoms with Gasteiger partial charge in [-0.2, -0.15) is 0 Å². The fraction of sp³-hybridized carbons (Fsp3) is 0.917. The molecule has 1 heterocycles. The Balaban J connectivity index is 1.99. The van der Waals surface area contributed by atoms with Crippen LogP contribution in [0.2, 0.25) is 0 Å². The number of hydrogen-bond acceptors (Lipinski definition) is 3. The fourth-order valence-electron chi connectivity index (χ4n) is 2.23. The van der Waals surface area contributed by atoms with Gasteiger partial charge in [-0.25, -0.2) is 0 Å². The van der Waals surface area contributed by atoms with Gasteiger partial charge in [0.25, 0.3) is 0 Å². The summed E-state index contributed by atoms with van der Waals surface area (Å²) in [5, 5.41) is 5.96. The summed E-state index contributed by atoms with van der Waals surface area (Å²) >= 11 is 0. The number of rotatable bonds is 6. The highest BCUT2D eigenvalue weighted by Crippen LogP contribution is 2.16. The van der Waals surface area contributed by atoms with Gasteiger partial charge in [-0.05, 0) is 39.4 Å². The van der Waals surface area contributed by atoms with Crippen LogP contribution in [0.3, 0.4) is 0 Å². The Bertz CT molecular complexity index is 208. The molecule has 1 unspecified atom stereocenters. The molecule has 2 N–H and O–H groups in total. The van der Waals surface area contributed by atoms with Crippen LogP contribution in [0.15, 0.2) is 0 Å². The molecule has 1 fully saturated rings. The molecule has 94 valence electrons. The zero-order valence-electron chi connectivity index (χ0n) is 10.6. The van der Waals surface area contributed by atoms with Crippen molar-refractivity contribution in [1.29, 1.82) is 0 Å². The maximum absolute atomic E-state index is 11.0. The van der Waals surface area contributed by atoms with E-state index in [1.165, 1.54) is 32.2 Å². The average molecular weight is 227 g/mol. The highest BCUT2D eigenvalue weighted by molar-refractivity contribution is 5.75. The van der Waals surface area contributed by atoms with Gasteiger partial charge in [0.05, 0.1) is 0 Å². The molecule has 0 aromatic carbocycles. The van der Waals surface area contributed by atoms with E-state index in [2.05, 4.69) is 22.6 Å². The van der Waals surface area contributed by atoms with Crippen LogP contribution in [0.4, 0.5) is 0 Å². The summed E-state index contributed by atoms with van der Waals surface area (Å²) in [5.41, 5.74) is 0. The van der Waals surface area contributed by atoms with Crippen molar-refractivity contribution in [3.05, 3.63) is 0 Å². The van der Waals surface area contributed by atoms with Gasteiger partial charge < -0.3 is 15.5 Å². The highest BCUT2D eigenvalue weighted by Gasteiger charge is 2.17. The molecule has 0 radical (unpaired) electrons. The lowest BCUT2D eigenvalue weighted by atomic mass is 10.0. The summed E-state index contributed by atoms with van der Waals surface area (Å²) in [7, 11) is 3.90. The summed E-state index contributed by atoms with van der Waals surface area (Å²) in [6.45, 7) is 3.05. The van der Waals surface area contributed by atoms with Gasteiger partial charge in [0, 0.05) is 26.1 Å². The molecule has 1 aliphatic rings. The third kappa shape index (κ3) is 4.94. The van der Waals surface area contributed by atoms with Crippen LogP contribution in [0, 0.1) is 0 Å². The van der Waals surface area contributed by atoms with Crippen LogP contribution < -0.4 is 10.6 Å². The number of nitrogens with zero attached hydrogens (tertiary/aromatic N) is 1. The molecule has 4 heteroatoms. The van der Waals surface area contributed by atoms with Gasteiger partial charge >= 0.3 is 0 Å². The van der Waals surface area contributed by atoms with Crippen molar-refractivity contribution in [3.8, 4) is 0 Å². The molecule has 1 atom stereocenters. The van der Waals surface area contributed by atoms with Gasteiger partial charge in [0.1, 0.15) is 0 Å². The molecule has 0 aromatic rings. The molecule has 4 nitrogen and oxygen atoms in total. The molecule has 1 aliphatic heterocycles.